The summed E-state index contributed by atoms with van der Waals surface area (Å²) < 4.78 is 0. The van der Waals surface area contributed by atoms with Crippen molar-refractivity contribution in [3.05, 3.63) is 0 Å². The zero-order chi connectivity index (χ0) is 12.1. The number of rotatable bonds is 6. The summed E-state index contributed by atoms with van der Waals surface area (Å²) in [5.41, 5.74) is 0. The minimum atomic E-state index is 0.784. The summed E-state index contributed by atoms with van der Waals surface area (Å²) in [6.45, 7) is 8.59. The number of hydrogen-bond acceptors (Lipinski definition) is 2. The third-order valence-corrected chi connectivity index (χ3v) is 4.67. The monoisotopic (exact) mass is 238 g/mol. The molecule has 0 radical (unpaired) electrons. The van der Waals surface area contributed by atoms with Gasteiger partial charge in [0.2, 0.25) is 0 Å². The van der Waals surface area contributed by atoms with Gasteiger partial charge in [-0.1, -0.05) is 20.3 Å². The Labute approximate surface area is 107 Å². The van der Waals surface area contributed by atoms with Gasteiger partial charge >= 0.3 is 0 Å². The highest BCUT2D eigenvalue weighted by molar-refractivity contribution is 4.84. The molecule has 1 saturated carbocycles. The molecule has 2 fully saturated rings. The first kappa shape index (κ1) is 13.4. The predicted molar refractivity (Wildman–Crippen MR) is 74.3 cm³/mol. The second kappa shape index (κ2) is 6.75. The molecule has 2 rings (SSSR count). The molecule has 1 saturated heterocycles. The second-order valence-electron chi connectivity index (χ2n) is 5.99. The topological polar surface area (TPSA) is 15.3 Å². The van der Waals surface area contributed by atoms with Crippen molar-refractivity contribution in [3.63, 3.8) is 0 Å². The van der Waals surface area contributed by atoms with Crippen molar-refractivity contribution in [2.75, 3.05) is 19.6 Å². The van der Waals surface area contributed by atoms with E-state index in [2.05, 4.69) is 24.1 Å². The van der Waals surface area contributed by atoms with Gasteiger partial charge in [-0.2, -0.15) is 0 Å². The van der Waals surface area contributed by atoms with Crippen LogP contribution in [0.15, 0.2) is 0 Å². The van der Waals surface area contributed by atoms with Crippen LogP contribution in [-0.2, 0) is 0 Å². The molecule has 1 heterocycles. The molecule has 1 aliphatic carbocycles. The molecule has 0 aromatic heterocycles. The Morgan fingerprint density at radius 3 is 2.59 bits per heavy atom. The molecule has 1 N–H and O–H groups in total. The summed E-state index contributed by atoms with van der Waals surface area (Å²) in [7, 11) is 0. The molecule has 0 aromatic carbocycles. The minimum absolute atomic E-state index is 0.784. The summed E-state index contributed by atoms with van der Waals surface area (Å²) in [6, 6.07) is 1.64. The van der Waals surface area contributed by atoms with Gasteiger partial charge in [-0.3, -0.25) is 4.90 Å². The van der Waals surface area contributed by atoms with Crippen LogP contribution < -0.4 is 5.32 Å². The van der Waals surface area contributed by atoms with Crippen molar-refractivity contribution in [1.29, 1.82) is 0 Å². The quantitative estimate of drug-likeness (QED) is 0.765. The molecule has 2 heteroatoms. The highest BCUT2D eigenvalue weighted by Gasteiger charge is 2.25. The summed E-state index contributed by atoms with van der Waals surface area (Å²) in [4.78, 5) is 2.76. The van der Waals surface area contributed by atoms with Crippen LogP contribution in [0, 0.1) is 5.92 Å². The van der Waals surface area contributed by atoms with E-state index >= 15 is 0 Å². The molecule has 0 bridgehead atoms. The number of likely N-dealkylation sites (tertiary alicyclic amines) is 1. The molecule has 17 heavy (non-hydrogen) atoms. The highest BCUT2D eigenvalue weighted by Crippen LogP contribution is 2.23. The first-order chi connectivity index (χ1) is 8.33. The maximum Gasteiger partial charge on any atom is 0.0218 e. The Hall–Kier alpha value is -0.0800. The Morgan fingerprint density at radius 1 is 1.12 bits per heavy atom. The summed E-state index contributed by atoms with van der Waals surface area (Å²) in [5.74, 6) is 0.994. The fourth-order valence-electron chi connectivity index (χ4n) is 3.08. The van der Waals surface area contributed by atoms with Crippen molar-refractivity contribution < 1.29 is 0 Å². The van der Waals surface area contributed by atoms with Crippen molar-refractivity contribution in [2.45, 2.75) is 70.9 Å². The number of hydrogen-bond donors (Lipinski definition) is 1. The van der Waals surface area contributed by atoms with Crippen LogP contribution >= 0.6 is 0 Å². The van der Waals surface area contributed by atoms with Gasteiger partial charge in [0.15, 0.2) is 0 Å². The first-order valence-corrected chi connectivity index (χ1v) is 7.80. The molecule has 2 unspecified atom stereocenters. The van der Waals surface area contributed by atoms with Gasteiger partial charge in [-0.05, 0) is 57.5 Å². The van der Waals surface area contributed by atoms with E-state index in [-0.39, 0.29) is 0 Å². The Balaban J connectivity index is 1.76. The van der Waals surface area contributed by atoms with Crippen LogP contribution in [0.1, 0.15) is 58.8 Å². The predicted octanol–water partition coefficient (Wildman–Crippen LogP) is 3.03. The fraction of sp³-hybridized carbons (Fsp3) is 1.00. The third-order valence-electron chi connectivity index (χ3n) is 4.67. The highest BCUT2D eigenvalue weighted by atomic mass is 15.2. The summed E-state index contributed by atoms with van der Waals surface area (Å²) in [5, 5.41) is 3.71. The smallest absolute Gasteiger partial charge is 0.0218 e. The van der Waals surface area contributed by atoms with Crippen molar-refractivity contribution in [1.82, 2.24) is 10.2 Å². The van der Waals surface area contributed by atoms with Gasteiger partial charge in [0.1, 0.15) is 0 Å². The SMILES string of the molecule is CCC1CCCN(C(CC)CNC2CC2)CC1. The van der Waals surface area contributed by atoms with Gasteiger partial charge in [-0.25, -0.2) is 0 Å². The average molecular weight is 238 g/mol. The molecular formula is C15H30N2. The molecule has 1 aliphatic heterocycles. The minimum Gasteiger partial charge on any atom is -0.312 e. The van der Waals surface area contributed by atoms with Crippen LogP contribution in [0.5, 0.6) is 0 Å². The van der Waals surface area contributed by atoms with Crippen molar-refractivity contribution in [2.24, 2.45) is 5.92 Å². The van der Waals surface area contributed by atoms with Gasteiger partial charge in [-0.15, -0.1) is 0 Å². The number of nitrogens with zero attached hydrogens (tertiary/aromatic N) is 1. The van der Waals surface area contributed by atoms with E-state index in [9.17, 15) is 0 Å². The lowest BCUT2D eigenvalue weighted by molar-refractivity contribution is 0.190. The van der Waals surface area contributed by atoms with Gasteiger partial charge in [0.25, 0.3) is 0 Å². The average Bonchev–Trinajstić information content (AvgIpc) is 3.16. The maximum atomic E-state index is 3.71. The normalized spacial score (nSPS) is 28.9. The molecule has 0 spiro atoms. The first-order valence-electron chi connectivity index (χ1n) is 7.80. The zero-order valence-corrected chi connectivity index (χ0v) is 11.8. The van der Waals surface area contributed by atoms with Crippen LogP contribution in [0.2, 0.25) is 0 Å². The molecular weight excluding hydrogens is 208 g/mol. The van der Waals surface area contributed by atoms with Crippen molar-refractivity contribution >= 4 is 0 Å². The Bertz CT molecular complexity index is 213. The Morgan fingerprint density at radius 2 is 1.94 bits per heavy atom. The van der Waals surface area contributed by atoms with E-state index in [0.29, 0.717) is 0 Å². The van der Waals surface area contributed by atoms with E-state index in [0.717, 1.165) is 18.0 Å². The fourth-order valence-corrected chi connectivity index (χ4v) is 3.08. The maximum absolute atomic E-state index is 3.71. The molecule has 0 aromatic rings. The third kappa shape index (κ3) is 4.26. The van der Waals surface area contributed by atoms with E-state index in [4.69, 9.17) is 0 Å². The van der Waals surface area contributed by atoms with E-state index in [1.54, 1.807) is 0 Å². The zero-order valence-electron chi connectivity index (χ0n) is 11.8. The largest absolute Gasteiger partial charge is 0.312 e. The number of nitrogens with one attached hydrogen (secondary N) is 1. The molecule has 2 atom stereocenters. The lowest BCUT2D eigenvalue weighted by Gasteiger charge is -2.30. The van der Waals surface area contributed by atoms with E-state index in [1.807, 2.05) is 0 Å². The lowest BCUT2D eigenvalue weighted by atomic mass is 9.98. The van der Waals surface area contributed by atoms with Crippen LogP contribution in [0.3, 0.4) is 0 Å². The van der Waals surface area contributed by atoms with E-state index in [1.165, 1.54) is 64.6 Å². The van der Waals surface area contributed by atoms with Gasteiger partial charge in [0, 0.05) is 18.6 Å². The van der Waals surface area contributed by atoms with Gasteiger partial charge in [0.05, 0.1) is 0 Å². The molecule has 0 amide bonds. The second-order valence-corrected chi connectivity index (χ2v) is 5.99. The molecule has 2 nitrogen and oxygen atoms in total. The summed E-state index contributed by atoms with van der Waals surface area (Å²) >= 11 is 0. The Kier molecular flexibility index (Phi) is 5.30. The summed E-state index contributed by atoms with van der Waals surface area (Å²) in [6.07, 6.45) is 9.80. The lowest BCUT2D eigenvalue weighted by Crippen LogP contribution is -2.43. The van der Waals surface area contributed by atoms with Crippen LogP contribution in [-0.4, -0.2) is 36.6 Å². The molecule has 100 valence electrons. The van der Waals surface area contributed by atoms with Crippen LogP contribution in [0.25, 0.3) is 0 Å². The van der Waals surface area contributed by atoms with Crippen molar-refractivity contribution in [3.8, 4) is 0 Å². The van der Waals surface area contributed by atoms with Crippen LogP contribution in [0.4, 0.5) is 0 Å². The standard InChI is InChI=1S/C15H30N2/c1-3-13-6-5-10-17(11-9-13)15(4-2)12-16-14-7-8-14/h13-16H,3-12H2,1-2H3. The molecule has 2 aliphatic rings. The van der Waals surface area contributed by atoms with E-state index < -0.39 is 0 Å². The van der Waals surface area contributed by atoms with Gasteiger partial charge < -0.3 is 5.32 Å².